The summed E-state index contributed by atoms with van der Waals surface area (Å²) in [5, 5.41) is 7.15. The molecule has 3 aliphatic rings. The van der Waals surface area contributed by atoms with Crippen molar-refractivity contribution in [2.45, 2.75) is 44.6 Å². The van der Waals surface area contributed by atoms with E-state index in [1.807, 2.05) is 19.3 Å². The molecule has 0 saturated carbocycles. The van der Waals surface area contributed by atoms with Crippen LogP contribution in [0.5, 0.6) is 0 Å². The Kier molecular flexibility index (Phi) is 10.1. The maximum atomic E-state index is 6.41. The van der Waals surface area contributed by atoms with Crippen molar-refractivity contribution < 1.29 is 0 Å². The molecule has 0 bridgehead atoms. The quantitative estimate of drug-likeness (QED) is 0.305. The molecule has 0 amide bonds. The van der Waals surface area contributed by atoms with Crippen LogP contribution in [-0.2, 0) is 0 Å². The molecule has 0 saturated heterocycles. The van der Waals surface area contributed by atoms with Crippen molar-refractivity contribution in [1.82, 2.24) is 10.6 Å². The second kappa shape index (κ2) is 14.2. The van der Waals surface area contributed by atoms with Gasteiger partial charge in [-0.15, -0.1) is 0 Å². The highest BCUT2D eigenvalue weighted by Gasteiger charge is 2.16. The number of nitrogens with zero attached hydrogens (tertiary/aromatic N) is 1. The zero-order valence-electron chi connectivity index (χ0n) is 21.9. The van der Waals surface area contributed by atoms with Gasteiger partial charge in [0.2, 0.25) is 0 Å². The minimum absolute atomic E-state index is 0.250. The van der Waals surface area contributed by atoms with Gasteiger partial charge in [0, 0.05) is 37.1 Å². The monoisotopic (exact) mass is 492 g/mol. The smallest absolute Gasteiger partial charge is 0.0573 e. The molecular weight excluding hydrogens is 452 g/mol. The predicted molar refractivity (Wildman–Crippen MR) is 160 cm³/mol. The summed E-state index contributed by atoms with van der Waals surface area (Å²) >= 11 is 0. The van der Waals surface area contributed by atoms with Crippen LogP contribution in [0.15, 0.2) is 114 Å². The summed E-state index contributed by atoms with van der Waals surface area (Å²) in [7, 11) is 2.03. The van der Waals surface area contributed by atoms with E-state index in [-0.39, 0.29) is 6.04 Å². The molecule has 0 heterocycles. The standard InChI is InChI=1S/C33H40N4/c1-35-33(28-16-9-4-10-17-28)23-31(37-24-26-12-5-2-6-13-26)20-21-36-25-32(34)30-19-11-18-29(22-30)27-14-7-3-8-15-27/h3-5,7,9-14,16,18-19,21-23,25,28,33,35,37H,2,6,8,15,17,20,24,34H2,1H3/b31-23-,32-25-,36-21-. The van der Waals surface area contributed by atoms with Crippen LogP contribution in [0.25, 0.3) is 11.3 Å². The lowest BCUT2D eigenvalue weighted by Gasteiger charge is -2.23. The van der Waals surface area contributed by atoms with Crippen LogP contribution >= 0.6 is 0 Å². The Morgan fingerprint density at radius 3 is 2.84 bits per heavy atom. The largest absolute Gasteiger partial charge is 0.397 e. The number of likely N-dealkylation sites (N-methyl/N-ethyl adjacent to an activating group) is 1. The molecule has 2 unspecified atom stereocenters. The van der Waals surface area contributed by atoms with E-state index in [0.717, 1.165) is 49.9 Å². The second-order valence-electron chi connectivity index (χ2n) is 9.69. The van der Waals surface area contributed by atoms with Gasteiger partial charge in [-0.2, -0.15) is 0 Å². The van der Waals surface area contributed by atoms with Crippen LogP contribution < -0.4 is 16.4 Å². The predicted octanol–water partition coefficient (Wildman–Crippen LogP) is 6.61. The maximum Gasteiger partial charge on any atom is 0.0573 e. The van der Waals surface area contributed by atoms with E-state index in [9.17, 15) is 0 Å². The Balaban J connectivity index is 1.44. The molecule has 1 aromatic rings. The van der Waals surface area contributed by atoms with E-state index in [0.29, 0.717) is 18.0 Å². The first-order valence-corrected chi connectivity index (χ1v) is 13.5. The van der Waals surface area contributed by atoms with Gasteiger partial charge in [0.25, 0.3) is 0 Å². The molecular formula is C33H40N4. The summed E-state index contributed by atoms with van der Waals surface area (Å²) in [6, 6.07) is 8.68. The highest BCUT2D eigenvalue weighted by molar-refractivity contribution is 5.73. The van der Waals surface area contributed by atoms with Gasteiger partial charge in [0.05, 0.1) is 5.70 Å². The molecule has 0 spiro atoms. The van der Waals surface area contributed by atoms with Gasteiger partial charge in [-0.05, 0) is 79.5 Å². The lowest BCUT2D eigenvalue weighted by atomic mass is 9.92. The van der Waals surface area contributed by atoms with Crippen LogP contribution in [0.3, 0.4) is 0 Å². The molecule has 192 valence electrons. The van der Waals surface area contributed by atoms with E-state index in [2.05, 4.69) is 101 Å². The highest BCUT2D eigenvalue weighted by atomic mass is 14.9. The van der Waals surface area contributed by atoms with Crippen LogP contribution in [0.4, 0.5) is 0 Å². The van der Waals surface area contributed by atoms with Crippen LogP contribution in [-0.4, -0.2) is 25.8 Å². The van der Waals surface area contributed by atoms with Crippen LogP contribution in [0, 0.1) is 5.92 Å². The summed E-state index contributed by atoms with van der Waals surface area (Å²) in [6.07, 6.45) is 34.3. The number of nitrogens with one attached hydrogen (secondary N) is 2. The number of hydrogen-bond donors (Lipinski definition) is 3. The molecule has 37 heavy (non-hydrogen) atoms. The van der Waals surface area contributed by atoms with E-state index in [1.165, 1.54) is 16.7 Å². The molecule has 2 atom stereocenters. The van der Waals surface area contributed by atoms with Crippen molar-refractivity contribution in [3.05, 3.63) is 120 Å². The molecule has 4 heteroatoms. The third-order valence-corrected chi connectivity index (χ3v) is 6.99. The van der Waals surface area contributed by atoms with E-state index in [4.69, 9.17) is 5.73 Å². The van der Waals surface area contributed by atoms with Gasteiger partial charge in [0.1, 0.15) is 0 Å². The fourth-order valence-corrected chi connectivity index (χ4v) is 4.82. The van der Waals surface area contributed by atoms with Crippen molar-refractivity contribution in [3.8, 4) is 0 Å². The number of rotatable bonds is 11. The number of nitrogens with two attached hydrogens (primary N) is 1. The van der Waals surface area contributed by atoms with Crippen LogP contribution in [0.1, 0.15) is 49.7 Å². The average molecular weight is 493 g/mol. The van der Waals surface area contributed by atoms with Gasteiger partial charge < -0.3 is 16.4 Å². The number of aliphatic imine (C=N–C) groups is 1. The second-order valence-corrected chi connectivity index (χ2v) is 9.69. The Morgan fingerprint density at radius 1 is 1.14 bits per heavy atom. The van der Waals surface area contributed by atoms with Gasteiger partial charge in [-0.25, -0.2) is 0 Å². The van der Waals surface area contributed by atoms with Crippen LogP contribution in [0.2, 0.25) is 0 Å². The van der Waals surface area contributed by atoms with E-state index in [1.54, 1.807) is 6.20 Å². The highest BCUT2D eigenvalue weighted by Crippen LogP contribution is 2.25. The maximum absolute atomic E-state index is 6.41. The minimum Gasteiger partial charge on any atom is -0.397 e. The molecule has 3 aliphatic carbocycles. The SMILES string of the molecule is CNC(/C=C(/C/C=N\C=C(/N)c1cccc(C2=CC=CCC2)c1)NCC1=CCCC=C1)C1C=CC=CC1. The Hall–Kier alpha value is -3.63. The molecule has 0 radical (unpaired) electrons. The van der Waals surface area contributed by atoms with E-state index < -0.39 is 0 Å². The lowest BCUT2D eigenvalue weighted by Crippen LogP contribution is -2.32. The zero-order valence-corrected chi connectivity index (χ0v) is 21.9. The fraction of sp³-hybridized carbons (Fsp3) is 0.303. The van der Waals surface area contributed by atoms with Gasteiger partial charge in [-0.1, -0.05) is 79.0 Å². The molecule has 4 rings (SSSR count). The van der Waals surface area contributed by atoms with Gasteiger partial charge >= 0.3 is 0 Å². The third-order valence-electron chi connectivity index (χ3n) is 6.99. The summed E-state index contributed by atoms with van der Waals surface area (Å²) in [6.45, 7) is 0.822. The molecule has 4 nitrogen and oxygen atoms in total. The minimum atomic E-state index is 0.250. The van der Waals surface area contributed by atoms with Crippen molar-refractivity contribution in [2.24, 2.45) is 16.6 Å². The number of hydrogen-bond acceptors (Lipinski definition) is 4. The molecule has 4 N–H and O–H groups in total. The molecule has 0 fully saturated rings. The van der Waals surface area contributed by atoms with Crippen molar-refractivity contribution >= 4 is 17.5 Å². The Morgan fingerprint density at radius 2 is 2.08 bits per heavy atom. The van der Waals surface area contributed by atoms with E-state index >= 15 is 0 Å². The fourth-order valence-electron chi connectivity index (χ4n) is 4.82. The lowest BCUT2D eigenvalue weighted by molar-refractivity contribution is 0.503. The first-order valence-electron chi connectivity index (χ1n) is 13.5. The number of benzene rings is 1. The summed E-state index contributed by atoms with van der Waals surface area (Å²) in [4.78, 5) is 4.58. The zero-order chi connectivity index (χ0) is 25.7. The number of allylic oxidation sites excluding steroid dienone is 10. The van der Waals surface area contributed by atoms with Crippen molar-refractivity contribution in [2.75, 3.05) is 13.6 Å². The van der Waals surface area contributed by atoms with Crippen molar-refractivity contribution in [1.29, 1.82) is 0 Å². The van der Waals surface area contributed by atoms with Crippen molar-refractivity contribution in [3.63, 3.8) is 0 Å². The first kappa shape index (κ1) is 26.4. The normalized spacial score (nSPS) is 20.7. The topological polar surface area (TPSA) is 62.4 Å². The average Bonchev–Trinajstić information content (AvgIpc) is 2.97. The summed E-state index contributed by atoms with van der Waals surface area (Å²) < 4.78 is 0. The Labute approximate surface area is 222 Å². The summed E-state index contributed by atoms with van der Waals surface area (Å²) in [5.41, 5.74) is 13.2. The molecule has 0 aromatic heterocycles. The Bertz CT molecular complexity index is 1190. The molecule has 1 aromatic carbocycles. The summed E-state index contributed by atoms with van der Waals surface area (Å²) in [5.74, 6) is 0.440. The third kappa shape index (κ3) is 8.19. The first-order chi connectivity index (χ1) is 18.2. The van der Waals surface area contributed by atoms with Gasteiger partial charge in [0.15, 0.2) is 0 Å². The molecule has 0 aliphatic heterocycles. The van der Waals surface area contributed by atoms with Gasteiger partial charge in [-0.3, -0.25) is 4.99 Å².